The number of hydrogen-bond donors (Lipinski definition) is 1. The fourth-order valence-electron chi connectivity index (χ4n) is 3.84. The standard InChI is InChI=1S/C15H28N4/c1-7-19-13(16-11(2)17-19)8-12-9-14(3,4)18-15(5,6)10-12/h12,18H,7-10H2,1-6H3. The zero-order chi connectivity index (χ0) is 14.3. The predicted octanol–water partition coefficient (Wildman–Crippen LogP) is 2.71. The number of nitrogens with one attached hydrogen (secondary N) is 1. The molecule has 0 aromatic carbocycles. The van der Waals surface area contributed by atoms with E-state index in [-0.39, 0.29) is 11.1 Å². The average Bonchev–Trinajstić information content (AvgIpc) is 2.53. The molecule has 0 radical (unpaired) electrons. The minimum atomic E-state index is 0.207. The van der Waals surface area contributed by atoms with Gasteiger partial charge in [0.15, 0.2) is 0 Å². The largest absolute Gasteiger partial charge is 0.307 e. The highest BCUT2D eigenvalue weighted by atomic mass is 15.3. The van der Waals surface area contributed by atoms with Crippen molar-refractivity contribution in [2.75, 3.05) is 0 Å². The van der Waals surface area contributed by atoms with E-state index in [1.807, 2.05) is 6.92 Å². The van der Waals surface area contributed by atoms with Gasteiger partial charge in [-0.15, -0.1) is 0 Å². The third kappa shape index (κ3) is 3.56. The summed E-state index contributed by atoms with van der Waals surface area (Å²) in [7, 11) is 0. The van der Waals surface area contributed by atoms with E-state index in [9.17, 15) is 0 Å². The molecule has 108 valence electrons. The Hall–Kier alpha value is -0.900. The Morgan fingerprint density at radius 1 is 1.21 bits per heavy atom. The predicted molar refractivity (Wildman–Crippen MR) is 78.2 cm³/mol. The van der Waals surface area contributed by atoms with Crippen molar-refractivity contribution in [1.29, 1.82) is 0 Å². The van der Waals surface area contributed by atoms with Gasteiger partial charge < -0.3 is 5.32 Å². The molecule has 4 nitrogen and oxygen atoms in total. The molecule has 2 rings (SSSR count). The lowest BCUT2D eigenvalue weighted by Crippen LogP contribution is -2.58. The number of hydrogen-bond acceptors (Lipinski definition) is 3. The van der Waals surface area contributed by atoms with Crippen LogP contribution >= 0.6 is 0 Å². The van der Waals surface area contributed by atoms with Gasteiger partial charge in [-0.2, -0.15) is 5.10 Å². The summed E-state index contributed by atoms with van der Waals surface area (Å²) in [5.74, 6) is 2.72. The first-order valence-electron chi connectivity index (χ1n) is 7.40. The van der Waals surface area contributed by atoms with Gasteiger partial charge in [0.2, 0.25) is 0 Å². The van der Waals surface area contributed by atoms with Crippen LogP contribution in [0, 0.1) is 12.8 Å². The summed E-state index contributed by atoms with van der Waals surface area (Å²) in [6.45, 7) is 14.2. The normalized spacial score (nSPS) is 22.6. The van der Waals surface area contributed by atoms with Crippen LogP contribution in [0.4, 0.5) is 0 Å². The molecular weight excluding hydrogens is 236 g/mol. The lowest BCUT2D eigenvalue weighted by Gasteiger charge is -2.46. The SMILES string of the molecule is CCn1nc(C)nc1CC1CC(C)(C)NC(C)(C)C1. The van der Waals surface area contributed by atoms with Crippen molar-refractivity contribution in [3.05, 3.63) is 11.6 Å². The molecule has 1 aliphatic heterocycles. The molecule has 0 saturated carbocycles. The molecule has 0 unspecified atom stereocenters. The maximum atomic E-state index is 4.60. The molecule has 0 atom stereocenters. The highest BCUT2D eigenvalue weighted by Crippen LogP contribution is 2.34. The topological polar surface area (TPSA) is 42.7 Å². The van der Waals surface area contributed by atoms with E-state index in [0.717, 1.165) is 24.6 Å². The summed E-state index contributed by atoms with van der Waals surface area (Å²) in [6.07, 6.45) is 3.45. The van der Waals surface area contributed by atoms with Crippen LogP contribution < -0.4 is 5.32 Å². The Morgan fingerprint density at radius 2 is 1.79 bits per heavy atom. The molecule has 1 aliphatic rings. The van der Waals surface area contributed by atoms with Gasteiger partial charge in [-0.1, -0.05) is 0 Å². The molecule has 0 bridgehead atoms. The second-order valence-corrected chi connectivity index (χ2v) is 7.26. The second kappa shape index (κ2) is 4.89. The van der Waals surface area contributed by atoms with Gasteiger partial charge in [0, 0.05) is 24.0 Å². The lowest BCUT2D eigenvalue weighted by molar-refractivity contribution is 0.127. The van der Waals surface area contributed by atoms with Gasteiger partial charge in [-0.05, 0) is 60.3 Å². The van der Waals surface area contributed by atoms with Crippen molar-refractivity contribution in [2.45, 2.75) is 78.4 Å². The van der Waals surface area contributed by atoms with E-state index in [1.165, 1.54) is 12.8 Å². The molecule has 1 saturated heterocycles. The fraction of sp³-hybridized carbons (Fsp3) is 0.867. The lowest BCUT2D eigenvalue weighted by atomic mass is 9.74. The highest BCUT2D eigenvalue weighted by Gasteiger charge is 2.37. The van der Waals surface area contributed by atoms with Crippen LogP contribution in [-0.2, 0) is 13.0 Å². The smallest absolute Gasteiger partial charge is 0.147 e. The maximum Gasteiger partial charge on any atom is 0.147 e. The molecule has 1 N–H and O–H groups in total. The third-order valence-electron chi connectivity index (χ3n) is 3.90. The van der Waals surface area contributed by atoms with E-state index in [2.05, 4.69) is 54.7 Å². The van der Waals surface area contributed by atoms with E-state index in [1.54, 1.807) is 0 Å². The van der Waals surface area contributed by atoms with E-state index in [0.29, 0.717) is 5.92 Å². The van der Waals surface area contributed by atoms with Gasteiger partial charge in [-0.25, -0.2) is 4.98 Å². The molecule has 0 aliphatic carbocycles. The molecule has 0 amide bonds. The average molecular weight is 264 g/mol. The first-order chi connectivity index (χ1) is 8.71. The van der Waals surface area contributed by atoms with Gasteiger partial charge in [0.05, 0.1) is 0 Å². The van der Waals surface area contributed by atoms with Crippen LogP contribution in [0.15, 0.2) is 0 Å². The number of nitrogens with zero attached hydrogens (tertiary/aromatic N) is 3. The Morgan fingerprint density at radius 3 is 2.32 bits per heavy atom. The summed E-state index contributed by atoms with van der Waals surface area (Å²) in [5.41, 5.74) is 0.414. The summed E-state index contributed by atoms with van der Waals surface area (Å²) in [5, 5.41) is 8.20. The van der Waals surface area contributed by atoms with Crippen LogP contribution in [-0.4, -0.2) is 25.8 Å². The molecule has 2 heterocycles. The van der Waals surface area contributed by atoms with Gasteiger partial charge in [-0.3, -0.25) is 4.68 Å². The molecular formula is C15H28N4. The number of aryl methyl sites for hydroxylation is 2. The third-order valence-corrected chi connectivity index (χ3v) is 3.90. The van der Waals surface area contributed by atoms with Crippen LogP contribution in [0.25, 0.3) is 0 Å². The number of rotatable bonds is 3. The van der Waals surface area contributed by atoms with E-state index >= 15 is 0 Å². The van der Waals surface area contributed by atoms with Crippen LogP contribution in [0.2, 0.25) is 0 Å². The van der Waals surface area contributed by atoms with Gasteiger partial charge in [0.1, 0.15) is 11.6 Å². The zero-order valence-electron chi connectivity index (χ0n) is 13.2. The number of piperidine rings is 1. The quantitative estimate of drug-likeness (QED) is 0.913. The summed E-state index contributed by atoms with van der Waals surface area (Å²) in [4.78, 5) is 4.60. The monoisotopic (exact) mass is 264 g/mol. The number of aromatic nitrogens is 3. The van der Waals surface area contributed by atoms with Crippen LogP contribution in [0.1, 0.15) is 59.1 Å². The van der Waals surface area contributed by atoms with Crippen molar-refractivity contribution < 1.29 is 0 Å². The van der Waals surface area contributed by atoms with Crippen molar-refractivity contribution in [2.24, 2.45) is 5.92 Å². The minimum absolute atomic E-state index is 0.207. The van der Waals surface area contributed by atoms with Crippen LogP contribution in [0.5, 0.6) is 0 Å². The van der Waals surface area contributed by atoms with Crippen molar-refractivity contribution in [1.82, 2.24) is 20.1 Å². The first-order valence-corrected chi connectivity index (χ1v) is 7.40. The Bertz CT molecular complexity index is 429. The van der Waals surface area contributed by atoms with Gasteiger partial charge in [0.25, 0.3) is 0 Å². The zero-order valence-corrected chi connectivity index (χ0v) is 13.2. The Labute approximate surface area is 117 Å². The minimum Gasteiger partial charge on any atom is -0.307 e. The Balaban J connectivity index is 2.14. The Kier molecular flexibility index (Phi) is 3.74. The summed E-state index contributed by atoms with van der Waals surface area (Å²) < 4.78 is 2.05. The molecule has 4 heteroatoms. The highest BCUT2D eigenvalue weighted by molar-refractivity contribution is 5.01. The maximum absolute atomic E-state index is 4.60. The molecule has 1 aromatic heterocycles. The summed E-state index contributed by atoms with van der Waals surface area (Å²) in [6, 6.07) is 0. The first kappa shape index (κ1) is 14.5. The van der Waals surface area contributed by atoms with E-state index in [4.69, 9.17) is 0 Å². The fourth-order valence-corrected chi connectivity index (χ4v) is 3.84. The molecule has 19 heavy (non-hydrogen) atoms. The van der Waals surface area contributed by atoms with Crippen molar-refractivity contribution in [3.63, 3.8) is 0 Å². The molecule has 1 aromatic rings. The second-order valence-electron chi connectivity index (χ2n) is 7.26. The van der Waals surface area contributed by atoms with Crippen molar-refractivity contribution in [3.8, 4) is 0 Å². The summed E-state index contributed by atoms with van der Waals surface area (Å²) >= 11 is 0. The van der Waals surface area contributed by atoms with Crippen LogP contribution in [0.3, 0.4) is 0 Å². The van der Waals surface area contributed by atoms with E-state index < -0.39 is 0 Å². The molecule has 1 fully saturated rings. The van der Waals surface area contributed by atoms with Gasteiger partial charge >= 0.3 is 0 Å². The van der Waals surface area contributed by atoms with Crippen molar-refractivity contribution >= 4 is 0 Å². The molecule has 0 spiro atoms.